The molecule has 2 N–H and O–H groups in total. The Kier molecular flexibility index (Phi) is 5.13. The average molecular weight is 360 g/mol. The first-order valence-electron chi connectivity index (χ1n) is 6.41. The maximum atomic E-state index is 13.0. The van der Waals surface area contributed by atoms with Gasteiger partial charge in [-0.15, -0.1) is 0 Å². The summed E-state index contributed by atoms with van der Waals surface area (Å²) in [5.74, 6) is -1.26. The van der Waals surface area contributed by atoms with Gasteiger partial charge in [-0.05, 0) is 34.1 Å². The Morgan fingerprint density at radius 3 is 2.52 bits per heavy atom. The molecule has 1 fully saturated rings. The fourth-order valence-corrected chi connectivity index (χ4v) is 2.54. The summed E-state index contributed by atoms with van der Waals surface area (Å²) < 4.78 is 13.5. The lowest BCUT2D eigenvalue weighted by atomic mass is 10.3. The summed E-state index contributed by atoms with van der Waals surface area (Å²) in [6.45, 7) is 1.93. The summed E-state index contributed by atoms with van der Waals surface area (Å²) in [6.07, 6.45) is 0. The van der Waals surface area contributed by atoms with Crippen molar-refractivity contribution in [2.45, 2.75) is 0 Å². The second-order valence-electron chi connectivity index (χ2n) is 4.71. The SMILES string of the molecule is O=C(O)CN1CCN(C(=O)Nc2ccc(F)cc2Br)CC1. The summed E-state index contributed by atoms with van der Waals surface area (Å²) >= 11 is 3.19. The van der Waals surface area contributed by atoms with E-state index in [-0.39, 0.29) is 18.4 Å². The molecule has 0 aromatic heterocycles. The first-order valence-corrected chi connectivity index (χ1v) is 7.20. The standard InChI is InChI=1S/C13H15BrFN3O3/c14-10-7-9(15)1-2-11(10)16-13(21)18-5-3-17(4-6-18)8-12(19)20/h1-2,7H,3-6,8H2,(H,16,21)(H,19,20). The summed E-state index contributed by atoms with van der Waals surface area (Å²) in [5.41, 5.74) is 0.495. The number of hydrogen-bond donors (Lipinski definition) is 2. The van der Waals surface area contributed by atoms with Crippen molar-refractivity contribution in [2.24, 2.45) is 0 Å². The van der Waals surface area contributed by atoms with Crippen LogP contribution < -0.4 is 5.32 Å². The van der Waals surface area contributed by atoms with Gasteiger partial charge >= 0.3 is 12.0 Å². The van der Waals surface area contributed by atoms with Gasteiger partial charge < -0.3 is 15.3 Å². The molecule has 1 aromatic carbocycles. The zero-order valence-electron chi connectivity index (χ0n) is 11.2. The Hall–Kier alpha value is -1.67. The van der Waals surface area contributed by atoms with Crippen molar-refractivity contribution >= 4 is 33.6 Å². The maximum Gasteiger partial charge on any atom is 0.321 e. The number of benzene rings is 1. The number of nitrogens with one attached hydrogen (secondary N) is 1. The van der Waals surface area contributed by atoms with Gasteiger partial charge in [0.1, 0.15) is 5.82 Å². The summed E-state index contributed by atoms with van der Waals surface area (Å²) in [7, 11) is 0. The van der Waals surface area contributed by atoms with Crippen molar-refractivity contribution in [3.8, 4) is 0 Å². The van der Waals surface area contributed by atoms with Crippen molar-refractivity contribution in [2.75, 3.05) is 38.0 Å². The molecular formula is C13H15BrFN3O3. The van der Waals surface area contributed by atoms with E-state index in [1.54, 1.807) is 9.80 Å². The Morgan fingerprint density at radius 1 is 1.29 bits per heavy atom. The third-order valence-corrected chi connectivity index (χ3v) is 3.85. The molecule has 1 aliphatic heterocycles. The van der Waals surface area contributed by atoms with Crippen LogP contribution in [0.3, 0.4) is 0 Å². The van der Waals surface area contributed by atoms with Crippen LogP contribution in [0, 0.1) is 5.82 Å². The molecular weight excluding hydrogens is 345 g/mol. The Labute approximate surface area is 129 Å². The third kappa shape index (κ3) is 4.40. The van der Waals surface area contributed by atoms with Crippen LogP contribution in [0.1, 0.15) is 0 Å². The second-order valence-corrected chi connectivity index (χ2v) is 5.57. The zero-order chi connectivity index (χ0) is 15.4. The number of amides is 2. The van der Waals surface area contributed by atoms with Gasteiger partial charge in [0.25, 0.3) is 0 Å². The van der Waals surface area contributed by atoms with Crippen molar-refractivity contribution in [1.82, 2.24) is 9.80 Å². The van der Waals surface area contributed by atoms with Crippen LogP contribution in [0.4, 0.5) is 14.9 Å². The third-order valence-electron chi connectivity index (χ3n) is 3.19. The van der Waals surface area contributed by atoms with E-state index in [0.717, 1.165) is 0 Å². The number of nitrogens with zero attached hydrogens (tertiary/aromatic N) is 2. The molecule has 21 heavy (non-hydrogen) atoms. The zero-order valence-corrected chi connectivity index (χ0v) is 12.8. The molecule has 2 amide bonds. The maximum absolute atomic E-state index is 13.0. The molecule has 1 heterocycles. The molecule has 8 heteroatoms. The van der Waals surface area contributed by atoms with Gasteiger partial charge in [0.05, 0.1) is 12.2 Å². The number of hydrogen-bond acceptors (Lipinski definition) is 3. The number of anilines is 1. The minimum absolute atomic E-state index is 0.0149. The molecule has 1 aromatic rings. The van der Waals surface area contributed by atoms with Gasteiger partial charge in [-0.25, -0.2) is 9.18 Å². The molecule has 1 saturated heterocycles. The lowest BCUT2D eigenvalue weighted by molar-refractivity contribution is -0.138. The smallest absolute Gasteiger partial charge is 0.321 e. The fraction of sp³-hybridized carbons (Fsp3) is 0.385. The molecule has 0 saturated carbocycles. The van der Waals surface area contributed by atoms with Crippen molar-refractivity contribution in [3.63, 3.8) is 0 Å². The van der Waals surface area contributed by atoms with Crippen LogP contribution in [0.2, 0.25) is 0 Å². The largest absolute Gasteiger partial charge is 0.480 e. The highest BCUT2D eigenvalue weighted by molar-refractivity contribution is 9.10. The highest BCUT2D eigenvalue weighted by atomic mass is 79.9. The van der Waals surface area contributed by atoms with E-state index < -0.39 is 5.97 Å². The predicted octanol–water partition coefficient (Wildman–Crippen LogP) is 1.82. The van der Waals surface area contributed by atoms with E-state index in [4.69, 9.17) is 5.11 Å². The first-order chi connectivity index (χ1) is 9.95. The Balaban J connectivity index is 1.89. The van der Waals surface area contributed by atoms with Crippen LogP contribution in [-0.2, 0) is 4.79 Å². The molecule has 0 bridgehead atoms. The number of aliphatic carboxylic acids is 1. The van der Waals surface area contributed by atoms with Gasteiger partial charge in [0.2, 0.25) is 0 Å². The van der Waals surface area contributed by atoms with Crippen LogP contribution in [0.25, 0.3) is 0 Å². The molecule has 114 valence electrons. The number of carboxylic acids is 1. The number of carboxylic acid groups (broad SMARTS) is 1. The van der Waals surface area contributed by atoms with Crippen LogP contribution in [-0.4, -0.2) is 59.6 Å². The van der Waals surface area contributed by atoms with E-state index >= 15 is 0 Å². The monoisotopic (exact) mass is 359 g/mol. The molecule has 0 atom stereocenters. The van der Waals surface area contributed by atoms with Gasteiger partial charge in [-0.3, -0.25) is 9.69 Å². The minimum atomic E-state index is -0.872. The lowest BCUT2D eigenvalue weighted by Crippen LogP contribution is -2.51. The topological polar surface area (TPSA) is 72.9 Å². The van der Waals surface area contributed by atoms with Crippen molar-refractivity contribution < 1.29 is 19.1 Å². The van der Waals surface area contributed by atoms with Crippen molar-refractivity contribution in [3.05, 3.63) is 28.5 Å². The highest BCUT2D eigenvalue weighted by Gasteiger charge is 2.22. The van der Waals surface area contributed by atoms with E-state index in [0.29, 0.717) is 36.3 Å². The van der Waals surface area contributed by atoms with Gasteiger partial charge in [0.15, 0.2) is 0 Å². The normalized spacial score (nSPS) is 15.8. The summed E-state index contributed by atoms with van der Waals surface area (Å²) in [6, 6.07) is 3.75. The molecule has 0 radical (unpaired) electrons. The Morgan fingerprint density at radius 2 is 1.95 bits per heavy atom. The number of rotatable bonds is 3. The second kappa shape index (κ2) is 6.86. The quantitative estimate of drug-likeness (QED) is 0.863. The number of carbonyl (C=O) groups excluding carboxylic acids is 1. The van der Waals surface area contributed by atoms with E-state index in [2.05, 4.69) is 21.2 Å². The molecule has 0 aliphatic carbocycles. The highest BCUT2D eigenvalue weighted by Crippen LogP contribution is 2.23. The van der Waals surface area contributed by atoms with E-state index in [1.807, 2.05) is 0 Å². The summed E-state index contributed by atoms with van der Waals surface area (Å²) in [5, 5.41) is 11.4. The number of piperazine rings is 1. The molecule has 1 aliphatic rings. The lowest BCUT2D eigenvalue weighted by Gasteiger charge is -2.33. The first kappa shape index (κ1) is 15.7. The molecule has 0 spiro atoms. The van der Waals surface area contributed by atoms with Gasteiger partial charge in [0, 0.05) is 30.7 Å². The average Bonchev–Trinajstić information content (AvgIpc) is 2.42. The molecule has 2 rings (SSSR count). The number of carbonyl (C=O) groups is 2. The number of urea groups is 1. The Bertz CT molecular complexity index is 547. The predicted molar refractivity (Wildman–Crippen MR) is 78.8 cm³/mol. The van der Waals surface area contributed by atoms with Gasteiger partial charge in [-0.1, -0.05) is 0 Å². The van der Waals surface area contributed by atoms with Crippen LogP contribution >= 0.6 is 15.9 Å². The number of halogens is 2. The minimum Gasteiger partial charge on any atom is -0.480 e. The van der Waals surface area contributed by atoms with E-state index in [1.165, 1.54) is 18.2 Å². The van der Waals surface area contributed by atoms with Crippen LogP contribution in [0.15, 0.2) is 22.7 Å². The fourth-order valence-electron chi connectivity index (χ4n) is 2.09. The van der Waals surface area contributed by atoms with Crippen LogP contribution in [0.5, 0.6) is 0 Å². The summed E-state index contributed by atoms with van der Waals surface area (Å²) in [4.78, 5) is 26.1. The van der Waals surface area contributed by atoms with Gasteiger partial charge in [-0.2, -0.15) is 0 Å². The molecule has 6 nitrogen and oxygen atoms in total. The van der Waals surface area contributed by atoms with E-state index in [9.17, 15) is 14.0 Å². The molecule has 0 unspecified atom stereocenters. The van der Waals surface area contributed by atoms with Crippen molar-refractivity contribution in [1.29, 1.82) is 0 Å².